The SMILES string of the molecule is O=C(N[C@@H]1CCCc2ccccc21)c1cc2n(n1)CCN(Cc1ccccc1F)C2=O. The fourth-order valence-corrected chi connectivity index (χ4v) is 4.47. The molecule has 1 aromatic heterocycles. The minimum Gasteiger partial charge on any atom is -0.344 e. The number of carbonyl (C=O) groups excluding carboxylic acids is 2. The first kappa shape index (κ1) is 19.5. The van der Waals surface area contributed by atoms with Crippen LogP contribution in [0.25, 0.3) is 0 Å². The summed E-state index contributed by atoms with van der Waals surface area (Å²) in [6, 6.07) is 16.1. The molecule has 1 aliphatic heterocycles. The van der Waals surface area contributed by atoms with Crippen molar-refractivity contribution >= 4 is 11.8 Å². The van der Waals surface area contributed by atoms with Gasteiger partial charge in [-0.15, -0.1) is 0 Å². The number of halogens is 1. The zero-order valence-electron chi connectivity index (χ0n) is 17.1. The zero-order valence-corrected chi connectivity index (χ0v) is 17.1. The van der Waals surface area contributed by atoms with Crippen molar-refractivity contribution in [1.82, 2.24) is 20.0 Å². The van der Waals surface area contributed by atoms with Crippen LogP contribution in [0.1, 0.15) is 56.6 Å². The van der Waals surface area contributed by atoms with Crippen molar-refractivity contribution in [2.45, 2.75) is 38.4 Å². The maximum Gasteiger partial charge on any atom is 0.272 e. The van der Waals surface area contributed by atoms with E-state index in [0.717, 1.165) is 24.8 Å². The predicted octanol–water partition coefficient (Wildman–Crippen LogP) is 3.49. The van der Waals surface area contributed by atoms with E-state index in [1.807, 2.05) is 12.1 Å². The summed E-state index contributed by atoms with van der Waals surface area (Å²) in [5, 5.41) is 7.45. The average Bonchev–Trinajstić information content (AvgIpc) is 3.23. The highest BCUT2D eigenvalue weighted by atomic mass is 19.1. The van der Waals surface area contributed by atoms with Gasteiger partial charge < -0.3 is 10.2 Å². The van der Waals surface area contributed by atoms with Gasteiger partial charge in [-0.25, -0.2) is 4.39 Å². The number of carbonyl (C=O) groups is 2. The van der Waals surface area contributed by atoms with Crippen LogP contribution in [-0.4, -0.2) is 33.0 Å². The Hall–Kier alpha value is -3.48. The molecule has 0 fully saturated rings. The van der Waals surface area contributed by atoms with Crippen molar-refractivity contribution in [1.29, 1.82) is 0 Å². The lowest BCUT2D eigenvalue weighted by molar-refractivity contribution is 0.0681. The molecule has 1 atom stereocenters. The van der Waals surface area contributed by atoms with Gasteiger partial charge in [0.1, 0.15) is 11.5 Å². The Morgan fingerprint density at radius 2 is 1.94 bits per heavy atom. The minimum atomic E-state index is -0.331. The second-order valence-corrected chi connectivity index (χ2v) is 8.07. The molecule has 2 aromatic carbocycles. The third-order valence-corrected chi connectivity index (χ3v) is 6.09. The topological polar surface area (TPSA) is 67.2 Å². The molecule has 0 saturated carbocycles. The third-order valence-electron chi connectivity index (χ3n) is 6.09. The number of hydrogen-bond donors (Lipinski definition) is 1. The molecule has 1 aliphatic carbocycles. The van der Waals surface area contributed by atoms with E-state index >= 15 is 0 Å². The van der Waals surface area contributed by atoms with E-state index in [2.05, 4.69) is 22.5 Å². The monoisotopic (exact) mass is 418 g/mol. The molecule has 3 aromatic rings. The lowest BCUT2D eigenvalue weighted by Crippen LogP contribution is -2.40. The quantitative estimate of drug-likeness (QED) is 0.705. The molecule has 7 heteroatoms. The van der Waals surface area contributed by atoms with Crippen LogP contribution >= 0.6 is 0 Å². The Morgan fingerprint density at radius 3 is 2.81 bits per heavy atom. The number of hydrogen-bond acceptors (Lipinski definition) is 3. The highest BCUT2D eigenvalue weighted by Crippen LogP contribution is 2.29. The predicted molar refractivity (Wildman–Crippen MR) is 113 cm³/mol. The van der Waals surface area contributed by atoms with Gasteiger partial charge in [0.05, 0.1) is 12.6 Å². The maximum atomic E-state index is 14.0. The number of amides is 2. The lowest BCUT2D eigenvalue weighted by atomic mass is 9.87. The Morgan fingerprint density at radius 1 is 1.13 bits per heavy atom. The number of nitrogens with zero attached hydrogens (tertiary/aromatic N) is 3. The smallest absolute Gasteiger partial charge is 0.272 e. The Labute approximate surface area is 179 Å². The van der Waals surface area contributed by atoms with Gasteiger partial charge in [-0.2, -0.15) is 5.10 Å². The summed E-state index contributed by atoms with van der Waals surface area (Å²) in [6.45, 7) is 1.07. The van der Waals surface area contributed by atoms with Crippen LogP contribution in [-0.2, 0) is 19.5 Å². The van der Waals surface area contributed by atoms with E-state index in [1.165, 1.54) is 11.6 Å². The first-order chi connectivity index (χ1) is 15.1. The molecule has 2 aliphatic rings. The largest absolute Gasteiger partial charge is 0.344 e. The number of aryl methyl sites for hydroxylation is 1. The van der Waals surface area contributed by atoms with Crippen LogP contribution in [0, 0.1) is 5.82 Å². The molecule has 31 heavy (non-hydrogen) atoms. The molecule has 0 spiro atoms. The normalized spacial score (nSPS) is 17.8. The average molecular weight is 418 g/mol. The minimum absolute atomic E-state index is 0.0515. The van der Waals surface area contributed by atoms with Gasteiger partial charge in [0.15, 0.2) is 5.69 Å². The van der Waals surface area contributed by atoms with E-state index in [-0.39, 0.29) is 35.9 Å². The summed E-state index contributed by atoms with van der Waals surface area (Å²) in [7, 11) is 0. The van der Waals surface area contributed by atoms with Crippen LogP contribution in [0.15, 0.2) is 54.6 Å². The van der Waals surface area contributed by atoms with Crippen molar-refractivity contribution in [3.8, 4) is 0 Å². The molecule has 1 N–H and O–H groups in total. The molecular weight excluding hydrogens is 395 g/mol. The van der Waals surface area contributed by atoms with E-state index in [4.69, 9.17) is 0 Å². The van der Waals surface area contributed by atoms with Gasteiger partial charge in [-0.3, -0.25) is 14.3 Å². The van der Waals surface area contributed by atoms with Crippen LogP contribution in [0.5, 0.6) is 0 Å². The molecule has 6 nitrogen and oxygen atoms in total. The van der Waals surface area contributed by atoms with Crippen LogP contribution < -0.4 is 5.32 Å². The molecule has 2 heterocycles. The van der Waals surface area contributed by atoms with Crippen LogP contribution in [0.2, 0.25) is 0 Å². The van der Waals surface area contributed by atoms with Crippen molar-refractivity contribution in [2.75, 3.05) is 6.54 Å². The van der Waals surface area contributed by atoms with Gasteiger partial charge in [0, 0.05) is 24.7 Å². The summed E-state index contributed by atoms with van der Waals surface area (Å²) in [4.78, 5) is 27.4. The highest BCUT2D eigenvalue weighted by molar-refractivity contribution is 5.98. The third kappa shape index (κ3) is 3.71. The number of fused-ring (bicyclic) bond motifs is 2. The van der Waals surface area contributed by atoms with Gasteiger partial charge in [-0.1, -0.05) is 42.5 Å². The van der Waals surface area contributed by atoms with Crippen molar-refractivity contribution in [3.05, 3.63) is 88.5 Å². The fraction of sp³-hybridized carbons (Fsp3) is 0.292. The van der Waals surface area contributed by atoms with E-state index < -0.39 is 0 Å². The van der Waals surface area contributed by atoms with E-state index in [9.17, 15) is 14.0 Å². The van der Waals surface area contributed by atoms with Gasteiger partial charge in [0.25, 0.3) is 11.8 Å². The first-order valence-corrected chi connectivity index (χ1v) is 10.6. The lowest BCUT2D eigenvalue weighted by Gasteiger charge is -2.27. The number of benzene rings is 2. The molecule has 2 amide bonds. The van der Waals surface area contributed by atoms with Crippen molar-refractivity contribution < 1.29 is 14.0 Å². The second-order valence-electron chi connectivity index (χ2n) is 8.07. The highest BCUT2D eigenvalue weighted by Gasteiger charge is 2.29. The summed E-state index contributed by atoms with van der Waals surface area (Å²) < 4.78 is 15.6. The Balaban J connectivity index is 1.32. The van der Waals surface area contributed by atoms with E-state index in [1.54, 1.807) is 33.8 Å². The first-order valence-electron chi connectivity index (χ1n) is 10.6. The standard InChI is InChI=1S/C24H23FN4O2/c25-19-10-4-2-7-17(19)15-28-12-13-29-22(24(28)31)14-21(27-29)23(30)26-20-11-5-8-16-6-1-3-9-18(16)20/h1-4,6-7,9-10,14,20H,5,8,11-13,15H2,(H,26,30)/t20-/m1/s1. The maximum absolute atomic E-state index is 14.0. The second kappa shape index (κ2) is 7.98. The molecule has 158 valence electrons. The van der Waals surface area contributed by atoms with Crippen LogP contribution in [0.4, 0.5) is 4.39 Å². The number of nitrogens with one attached hydrogen (secondary N) is 1. The molecular formula is C24H23FN4O2. The van der Waals surface area contributed by atoms with Crippen LogP contribution in [0.3, 0.4) is 0 Å². The van der Waals surface area contributed by atoms with E-state index in [0.29, 0.717) is 24.3 Å². The summed E-state index contributed by atoms with van der Waals surface area (Å²) in [5.74, 6) is -0.858. The van der Waals surface area contributed by atoms with Gasteiger partial charge in [-0.05, 0) is 36.5 Å². The molecule has 0 saturated heterocycles. The fourth-order valence-electron chi connectivity index (χ4n) is 4.47. The Bertz CT molecular complexity index is 1160. The summed E-state index contributed by atoms with van der Waals surface area (Å²) in [5.41, 5.74) is 3.48. The summed E-state index contributed by atoms with van der Waals surface area (Å²) in [6.07, 6.45) is 2.92. The molecule has 0 unspecified atom stereocenters. The van der Waals surface area contributed by atoms with Gasteiger partial charge >= 0.3 is 0 Å². The zero-order chi connectivity index (χ0) is 21.4. The van der Waals surface area contributed by atoms with Gasteiger partial charge in [0.2, 0.25) is 0 Å². The van der Waals surface area contributed by atoms with Crippen molar-refractivity contribution in [2.24, 2.45) is 0 Å². The number of aromatic nitrogens is 2. The van der Waals surface area contributed by atoms with Crippen molar-refractivity contribution in [3.63, 3.8) is 0 Å². The number of rotatable bonds is 4. The molecule has 0 bridgehead atoms. The molecule has 0 radical (unpaired) electrons. The summed E-state index contributed by atoms with van der Waals surface area (Å²) >= 11 is 0. The Kier molecular flexibility index (Phi) is 5.02. The molecule has 5 rings (SSSR count).